The van der Waals surface area contributed by atoms with E-state index in [1.165, 1.54) is 28.6 Å². The molecule has 7 nitrogen and oxygen atoms in total. The van der Waals surface area contributed by atoms with Crippen molar-refractivity contribution in [2.24, 2.45) is 5.10 Å². The van der Waals surface area contributed by atoms with Crippen molar-refractivity contribution in [1.29, 1.82) is 0 Å². The summed E-state index contributed by atoms with van der Waals surface area (Å²) in [6.45, 7) is 0. The molecule has 0 bridgehead atoms. The smallest absolute Gasteiger partial charge is 0.267 e. The van der Waals surface area contributed by atoms with Gasteiger partial charge in [-0.2, -0.15) is 10.1 Å². The van der Waals surface area contributed by atoms with E-state index in [-0.39, 0.29) is 10.9 Å². The third-order valence-electron chi connectivity index (χ3n) is 4.80. The molecule has 162 valence electrons. The lowest BCUT2D eigenvalue weighted by molar-refractivity contribution is -0.380. The average molecular weight is 537 g/mol. The standard InChI is InChI=1S/C23H13BrN4O3S2/c24-17-7-9-19-20(12-17)33-23(26-19)27(25-13-18-8-10-21(32-18)28(30)31)22(29)16-6-5-14-3-1-2-4-15(14)11-16/h1-13H/b25-13+. The number of aromatic nitrogens is 1. The quantitative estimate of drug-likeness (QED) is 0.139. The number of thiophene rings is 1. The summed E-state index contributed by atoms with van der Waals surface area (Å²) in [5, 5.41) is 19.0. The van der Waals surface area contributed by atoms with Crippen LogP contribution < -0.4 is 5.01 Å². The van der Waals surface area contributed by atoms with E-state index >= 15 is 0 Å². The van der Waals surface area contributed by atoms with Crippen LogP contribution in [0.4, 0.5) is 10.1 Å². The second-order valence-electron chi connectivity index (χ2n) is 6.97. The summed E-state index contributed by atoms with van der Waals surface area (Å²) >= 11 is 5.78. The number of carbonyl (C=O) groups is 1. The number of rotatable bonds is 5. The predicted molar refractivity (Wildman–Crippen MR) is 137 cm³/mol. The summed E-state index contributed by atoms with van der Waals surface area (Å²) in [5.74, 6) is -0.346. The first kappa shape index (κ1) is 21.4. The van der Waals surface area contributed by atoms with Crippen molar-refractivity contribution in [3.05, 3.63) is 97.8 Å². The Balaban J connectivity index is 1.57. The van der Waals surface area contributed by atoms with E-state index in [1.54, 1.807) is 12.1 Å². The van der Waals surface area contributed by atoms with Gasteiger partial charge in [0.25, 0.3) is 5.91 Å². The Morgan fingerprint density at radius 2 is 1.85 bits per heavy atom. The molecule has 5 rings (SSSR count). The van der Waals surface area contributed by atoms with Crippen LogP contribution in [-0.2, 0) is 0 Å². The number of hydrazone groups is 1. The molecule has 0 unspecified atom stereocenters. The number of fused-ring (bicyclic) bond motifs is 2. The van der Waals surface area contributed by atoms with Gasteiger partial charge >= 0.3 is 5.00 Å². The number of hydrogen-bond donors (Lipinski definition) is 0. The van der Waals surface area contributed by atoms with Gasteiger partial charge in [0.1, 0.15) is 0 Å². The second-order valence-corrected chi connectivity index (χ2v) is 9.98. The van der Waals surface area contributed by atoms with Crippen LogP contribution in [0, 0.1) is 10.1 Å². The Hall–Kier alpha value is -3.47. The third-order valence-corrected chi connectivity index (χ3v) is 7.26. The molecule has 33 heavy (non-hydrogen) atoms. The number of anilines is 1. The highest BCUT2D eigenvalue weighted by atomic mass is 79.9. The van der Waals surface area contributed by atoms with E-state index in [4.69, 9.17) is 0 Å². The summed E-state index contributed by atoms with van der Waals surface area (Å²) in [6.07, 6.45) is 1.44. The van der Waals surface area contributed by atoms with Gasteiger partial charge in [0.2, 0.25) is 5.13 Å². The molecule has 0 radical (unpaired) electrons. The number of hydrogen-bond acceptors (Lipinski definition) is 7. The van der Waals surface area contributed by atoms with Crippen LogP contribution in [-0.4, -0.2) is 22.0 Å². The van der Waals surface area contributed by atoms with Crippen molar-refractivity contribution in [1.82, 2.24) is 4.98 Å². The van der Waals surface area contributed by atoms with Crippen molar-refractivity contribution in [3.8, 4) is 0 Å². The molecule has 0 atom stereocenters. The SMILES string of the molecule is O=C(c1ccc2ccccc2c1)N(/N=C/c1ccc([N+](=O)[O-])s1)c1nc2ccc(Br)cc2s1. The first-order chi connectivity index (χ1) is 16.0. The Labute approximate surface area is 203 Å². The van der Waals surface area contributed by atoms with E-state index in [0.29, 0.717) is 15.6 Å². The van der Waals surface area contributed by atoms with Gasteiger partial charge in [-0.1, -0.05) is 68.9 Å². The number of carbonyl (C=O) groups excluding carboxylic acids is 1. The van der Waals surface area contributed by atoms with E-state index in [9.17, 15) is 14.9 Å². The van der Waals surface area contributed by atoms with Gasteiger partial charge in [0.15, 0.2) is 0 Å². The summed E-state index contributed by atoms with van der Waals surface area (Å²) < 4.78 is 1.81. The van der Waals surface area contributed by atoms with Gasteiger partial charge in [0, 0.05) is 16.1 Å². The zero-order valence-electron chi connectivity index (χ0n) is 16.7. The molecule has 0 N–H and O–H groups in total. The maximum Gasteiger partial charge on any atom is 0.324 e. The van der Waals surface area contributed by atoms with Crippen LogP contribution in [0.2, 0.25) is 0 Å². The molecule has 0 saturated carbocycles. The highest BCUT2D eigenvalue weighted by molar-refractivity contribution is 9.10. The van der Waals surface area contributed by atoms with E-state index in [0.717, 1.165) is 36.8 Å². The molecule has 10 heteroatoms. The van der Waals surface area contributed by atoms with Gasteiger partial charge in [-0.3, -0.25) is 14.9 Å². The molecular weight excluding hydrogens is 524 g/mol. The lowest BCUT2D eigenvalue weighted by Crippen LogP contribution is -2.25. The van der Waals surface area contributed by atoms with Gasteiger partial charge < -0.3 is 0 Å². The predicted octanol–water partition coefficient (Wildman–Crippen LogP) is 6.86. The molecule has 0 spiro atoms. The van der Waals surface area contributed by atoms with Crippen molar-refractivity contribution < 1.29 is 9.72 Å². The number of thiazole rings is 1. The number of halogens is 1. The van der Waals surface area contributed by atoms with Gasteiger partial charge in [-0.25, -0.2) is 4.98 Å². The molecule has 0 aliphatic rings. The number of nitro groups is 1. The summed E-state index contributed by atoms with van der Waals surface area (Å²) in [7, 11) is 0. The second kappa shape index (κ2) is 8.81. The van der Waals surface area contributed by atoms with Gasteiger partial charge in [0.05, 0.1) is 26.2 Å². The lowest BCUT2D eigenvalue weighted by atomic mass is 10.1. The van der Waals surface area contributed by atoms with Crippen molar-refractivity contribution in [2.45, 2.75) is 0 Å². The first-order valence-corrected chi connectivity index (χ1v) is 12.1. The molecule has 3 aromatic carbocycles. The Morgan fingerprint density at radius 1 is 1.03 bits per heavy atom. The summed E-state index contributed by atoms with van der Waals surface area (Å²) in [4.78, 5) is 29.2. The molecule has 2 aromatic heterocycles. The monoisotopic (exact) mass is 536 g/mol. The van der Waals surface area contributed by atoms with Crippen LogP contribution in [0.25, 0.3) is 21.0 Å². The minimum Gasteiger partial charge on any atom is -0.267 e. The average Bonchev–Trinajstić information content (AvgIpc) is 3.46. The van der Waals surface area contributed by atoms with Crippen molar-refractivity contribution >= 4 is 81.8 Å². The number of amides is 1. The zero-order valence-corrected chi connectivity index (χ0v) is 19.9. The normalized spacial score (nSPS) is 11.4. The highest BCUT2D eigenvalue weighted by Gasteiger charge is 2.22. The number of nitrogens with zero attached hydrogens (tertiary/aromatic N) is 4. The molecule has 1 amide bonds. The van der Waals surface area contributed by atoms with Gasteiger partial charge in [-0.15, -0.1) is 0 Å². The van der Waals surface area contributed by atoms with Crippen LogP contribution in [0.15, 0.2) is 82.4 Å². The van der Waals surface area contributed by atoms with Gasteiger partial charge in [-0.05, 0) is 47.2 Å². The van der Waals surface area contributed by atoms with Crippen molar-refractivity contribution in [3.63, 3.8) is 0 Å². The van der Waals surface area contributed by atoms with Crippen molar-refractivity contribution in [2.75, 3.05) is 5.01 Å². The highest BCUT2D eigenvalue weighted by Crippen LogP contribution is 2.32. The zero-order chi connectivity index (χ0) is 22.9. The van der Waals surface area contributed by atoms with Crippen LogP contribution >= 0.6 is 38.6 Å². The molecule has 0 aliphatic heterocycles. The largest absolute Gasteiger partial charge is 0.324 e. The maximum atomic E-state index is 13.5. The minimum atomic E-state index is -0.453. The summed E-state index contributed by atoms with van der Waals surface area (Å²) in [6, 6.07) is 21.9. The third kappa shape index (κ3) is 4.40. The Kier molecular flexibility index (Phi) is 5.71. The topological polar surface area (TPSA) is 88.7 Å². The first-order valence-electron chi connectivity index (χ1n) is 9.65. The number of benzene rings is 3. The fraction of sp³-hybridized carbons (Fsp3) is 0. The minimum absolute atomic E-state index is 0.00805. The molecule has 0 aliphatic carbocycles. The fourth-order valence-corrected chi connectivity index (χ4v) is 5.40. The summed E-state index contributed by atoms with van der Waals surface area (Å²) in [5.41, 5.74) is 1.21. The molecule has 0 fully saturated rings. The van der Waals surface area contributed by atoms with Crippen LogP contribution in [0.3, 0.4) is 0 Å². The van der Waals surface area contributed by atoms with E-state index in [2.05, 4.69) is 26.0 Å². The Morgan fingerprint density at radius 3 is 2.64 bits per heavy atom. The fourth-order valence-electron chi connectivity index (χ4n) is 3.23. The molecule has 0 saturated heterocycles. The molecular formula is C23H13BrN4O3S2. The molecule has 2 heterocycles. The van der Waals surface area contributed by atoms with Crippen LogP contribution in [0.5, 0.6) is 0 Å². The van der Waals surface area contributed by atoms with E-state index < -0.39 is 4.92 Å². The Bertz CT molecular complexity index is 1560. The van der Waals surface area contributed by atoms with Crippen LogP contribution in [0.1, 0.15) is 15.2 Å². The lowest BCUT2D eigenvalue weighted by Gasteiger charge is -2.14. The maximum absolute atomic E-state index is 13.5. The molecule has 5 aromatic rings. The van der Waals surface area contributed by atoms with E-state index in [1.807, 2.05) is 54.6 Å².